The van der Waals surface area contributed by atoms with Crippen molar-refractivity contribution >= 4 is 34.6 Å². The van der Waals surface area contributed by atoms with Gasteiger partial charge >= 0.3 is 0 Å². The largest absolute Gasteiger partial charge is 0.491 e. The van der Waals surface area contributed by atoms with Gasteiger partial charge in [0.25, 0.3) is 5.91 Å². The van der Waals surface area contributed by atoms with Crippen molar-refractivity contribution in [1.29, 1.82) is 0 Å². The number of amides is 1. The summed E-state index contributed by atoms with van der Waals surface area (Å²) in [7, 11) is 2.14. The molecule has 3 heterocycles. The maximum Gasteiger partial charge on any atom is 0.252 e. The number of anilines is 5. The van der Waals surface area contributed by atoms with Gasteiger partial charge in [0.15, 0.2) is 0 Å². The highest BCUT2D eigenvalue weighted by atomic mass is 16.5. The molecule has 0 atom stereocenters. The number of carbonyl (C=O) groups excluding carboxylic acids is 1. The number of rotatable bonds is 9. The molecule has 5 rings (SSSR count). The quantitative estimate of drug-likeness (QED) is 0.433. The van der Waals surface area contributed by atoms with Gasteiger partial charge in [-0.1, -0.05) is 12.1 Å². The molecule has 182 valence electrons. The summed E-state index contributed by atoms with van der Waals surface area (Å²) in [5.41, 5.74) is 8.33. The minimum absolute atomic E-state index is 0.297. The van der Waals surface area contributed by atoms with E-state index < -0.39 is 5.91 Å². The zero-order valence-electron chi connectivity index (χ0n) is 19.9. The Morgan fingerprint density at radius 1 is 1.00 bits per heavy atom. The van der Waals surface area contributed by atoms with Crippen molar-refractivity contribution in [3.05, 3.63) is 60.4 Å². The fraction of sp³-hybridized carbons (Fsp3) is 0.346. The van der Waals surface area contributed by atoms with E-state index in [4.69, 9.17) is 10.5 Å². The highest BCUT2D eigenvalue weighted by Crippen LogP contribution is 2.34. The smallest absolute Gasteiger partial charge is 0.252 e. The molecule has 2 aliphatic rings. The predicted molar refractivity (Wildman–Crippen MR) is 138 cm³/mol. The number of pyridine rings is 2. The monoisotopic (exact) mass is 473 g/mol. The van der Waals surface area contributed by atoms with E-state index >= 15 is 0 Å². The first-order valence-corrected chi connectivity index (χ1v) is 12.0. The van der Waals surface area contributed by atoms with Crippen LogP contribution >= 0.6 is 0 Å². The van der Waals surface area contributed by atoms with E-state index in [1.165, 1.54) is 19.0 Å². The SMILES string of the molecule is CN1CCN(c2ccc(Nc3cc(Nc4ccccc4OCC4CC4)c(C(N)=O)cn3)nc2)CC1. The molecule has 1 amide bonds. The number of piperazine rings is 1. The Kier molecular flexibility index (Phi) is 6.67. The van der Waals surface area contributed by atoms with Crippen LogP contribution in [0.3, 0.4) is 0 Å². The van der Waals surface area contributed by atoms with Gasteiger partial charge in [-0.3, -0.25) is 4.79 Å². The molecule has 9 nitrogen and oxygen atoms in total. The van der Waals surface area contributed by atoms with Crippen LogP contribution in [0.15, 0.2) is 54.9 Å². The number of carbonyl (C=O) groups is 1. The molecule has 1 aliphatic carbocycles. The normalized spacial score (nSPS) is 16.1. The van der Waals surface area contributed by atoms with E-state index in [9.17, 15) is 4.79 Å². The predicted octanol–water partition coefficient (Wildman–Crippen LogP) is 3.60. The minimum Gasteiger partial charge on any atom is -0.491 e. The zero-order chi connectivity index (χ0) is 24.2. The number of likely N-dealkylation sites (N-methyl/N-ethyl adjacent to an activating group) is 1. The Morgan fingerprint density at radius 3 is 2.49 bits per heavy atom. The third-order valence-electron chi connectivity index (χ3n) is 6.37. The van der Waals surface area contributed by atoms with E-state index in [1.54, 1.807) is 6.07 Å². The summed E-state index contributed by atoms with van der Waals surface area (Å²) in [6.45, 7) is 4.76. The second-order valence-corrected chi connectivity index (χ2v) is 9.17. The molecule has 0 spiro atoms. The Labute approximate surface area is 205 Å². The van der Waals surface area contributed by atoms with Crippen molar-refractivity contribution in [1.82, 2.24) is 14.9 Å². The molecule has 4 N–H and O–H groups in total. The molecule has 1 aromatic carbocycles. The first kappa shape index (κ1) is 22.9. The lowest BCUT2D eigenvalue weighted by atomic mass is 10.2. The summed E-state index contributed by atoms with van der Waals surface area (Å²) in [6.07, 6.45) is 5.77. The third-order valence-corrected chi connectivity index (χ3v) is 6.37. The molecular formula is C26H31N7O2. The molecule has 1 saturated carbocycles. The van der Waals surface area contributed by atoms with Crippen molar-refractivity contribution in [2.45, 2.75) is 12.8 Å². The standard InChI is InChI=1S/C26H31N7O2/c1-32-10-12-33(13-11-32)19-8-9-24(28-15-19)31-25-14-22(20(16-29-25)26(27)34)30-21-4-2-3-5-23(21)35-17-18-6-7-18/h2-5,8-9,14-16,18H,6-7,10-13,17H2,1H3,(H2,27,34)(H2,28,29,30,31). The van der Waals surface area contributed by atoms with Crippen LogP contribution in [0.4, 0.5) is 28.7 Å². The lowest BCUT2D eigenvalue weighted by Gasteiger charge is -2.33. The lowest BCUT2D eigenvalue weighted by Crippen LogP contribution is -2.44. The van der Waals surface area contributed by atoms with Gasteiger partial charge < -0.3 is 30.9 Å². The van der Waals surface area contributed by atoms with E-state index in [0.717, 1.165) is 43.3 Å². The molecule has 2 fully saturated rings. The van der Waals surface area contributed by atoms with Crippen LogP contribution in [0.2, 0.25) is 0 Å². The highest BCUT2D eigenvalue weighted by molar-refractivity contribution is 5.99. The zero-order valence-corrected chi connectivity index (χ0v) is 19.9. The summed E-state index contributed by atoms with van der Waals surface area (Å²) in [5, 5.41) is 6.54. The summed E-state index contributed by atoms with van der Waals surface area (Å²) < 4.78 is 6.00. The third kappa shape index (κ3) is 5.81. The summed E-state index contributed by atoms with van der Waals surface area (Å²) in [6, 6.07) is 13.4. The van der Waals surface area contributed by atoms with Crippen LogP contribution in [-0.4, -0.2) is 60.6 Å². The topological polar surface area (TPSA) is 109 Å². The molecule has 3 aromatic rings. The second-order valence-electron chi connectivity index (χ2n) is 9.17. The number of benzene rings is 1. The van der Waals surface area contributed by atoms with Crippen LogP contribution in [0.25, 0.3) is 0 Å². The maximum atomic E-state index is 12.1. The summed E-state index contributed by atoms with van der Waals surface area (Å²) in [4.78, 5) is 25.7. The van der Waals surface area contributed by atoms with Gasteiger partial charge in [0.1, 0.15) is 17.4 Å². The fourth-order valence-electron chi connectivity index (χ4n) is 4.00. The van der Waals surface area contributed by atoms with Gasteiger partial charge in [0.05, 0.1) is 35.4 Å². The van der Waals surface area contributed by atoms with Crippen LogP contribution in [0, 0.1) is 5.92 Å². The van der Waals surface area contributed by atoms with Crippen LogP contribution < -0.4 is 26.0 Å². The molecule has 35 heavy (non-hydrogen) atoms. The molecule has 9 heteroatoms. The Balaban J connectivity index is 1.32. The van der Waals surface area contributed by atoms with Crippen LogP contribution in [-0.2, 0) is 0 Å². The molecule has 1 saturated heterocycles. The molecule has 0 radical (unpaired) electrons. The summed E-state index contributed by atoms with van der Waals surface area (Å²) >= 11 is 0. The van der Waals surface area contributed by atoms with Gasteiger partial charge in [0, 0.05) is 38.4 Å². The molecule has 2 aromatic heterocycles. The number of nitrogens with one attached hydrogen (secondary N) is 2. The van der Waals surface area contributed by atoms with Crippen LogP contribution in [0.5, 0.6) is 5.75 Å². The lowest BCUT2D eigenvalue weighted by molar-refractivity contribution is 0.100. The van der Waals surface area contributed by atoms with E-state index in [-0.39, 0.29) is 0 Å². The first-order valence-electron chi connectivity index (χ1n) is 12.0. The number of nitrogens with zero attached hydrogens (tertiary/aromatic N) is 4. The van der Waals surface area contributed by atoms with Crippen molar-refractivity contribution in [2.75, 3.05) is 55.4 Å². The van der Waals surface area contributed by atoms with E-state index in [1.807, 2.05) is 36.5 Å². The summed E-state index contributed by atoms with van der Waals surface area (Å²) in [5.74, 6) is 2.03. The van der Waals surface area contributed by atoms with Crippen LogP contribution in [0.1, 0.15) is 23.2 Å². The number of nitrogens with two attached hydrogens (primary N) is 1. The van der Waals surface area contributed by atoms with E-state index in [0.29, 0.717) is 35.4 Å². The number of primary amides is 1. The average molecular weight is 474 g/mol. The number of aromatic nitrogens is 2. The van der Waals surface area contributed by atoms with Gasteiger partial charge in [0.2, 0.25) is 0 Å². The Hall–Kier alpha value is -3.85. The maximum absolute atomic E-state index is 12.1. The number of para-hydroxylation sites is 2. The van der Waals surface area contributed by atoms with Gasteiger partial charge in [-0.2, -0.15) is 0 Å². The molecule has 1 aliphatic heterocycles. The van der Waals surface area contributed by atoms with Crippen molar-refractivity contribution in [2.24, 2.45) is 11.7 Å². The number of hydrogen-bond acceptors (Lipinski definition) is 8. The Bertz CT molecular complexity index is 1170. The van der Waals surface area contributed by atoms with Crippen molar-refractivity contribution < 1.29 is 9.53 Å². The van der Waals surface area contributed by atoms with E-state index in [2.05, 4.69) is 43.5 Å². The number of hydrogen-bond donors (Lipinski definition) is 3. The molecule has 0 unspecified atom stereocenters. The number of ether oxygens (including phenoxy) is 1. The van der Waals surface area contributed by atoms with Gasteiger partial charge in [-0.05, 0) is 50.1 Å². The molecular weight excluding hydrogens is 442 g/mol. The second kappa shape index (κ2) is 10.2. The average Bonchev–Trinajstić information content (AvgIpc) is 3.69. The van der Waals surface area contributed by atoms with Crippen molar-refractivity contribution in [3.8, 4) is 5.75 Å². The van der Waals surface area contributed by atoms with Gasteiger partial charge in [-0.25, -0.2) is 9.97 Å². The van der Waals surface area contributed by atoms with Gasteiger partial charge in [-0.15, -0.1) is 0 Å². The first-order chi connectivity index (χ1) is 17.0. The molecule has 0 bridgehead atoms. The Morgan fingerprint density at radius 2 is 1.77 bits per heavy atom. The minimum atomic E-state index is -0.558. The fourth-order valence-corrected chi connectivity index (χ4v) is 4.00. The van der Waals surface area contributed by atoms with Crippen molar-refractivity contribution in [3.63, 3.8) is 0 Å². The highest BCUT2D eigenvalue weighted by Gasteiger charge is 2.22.